The summed E-state index contributed by atoms with van der Waals surface area (Å²) in [5.74, 6) is -0.717. The van der Waals surface area contributed by atoms with E-state index in [1.807, 2.05) is 24.3 Å². The minimum absolute atomic E-state index is 0.0744. The lowest BCUT2D eigenvalue weighted by Crippen LogP contribution is -2.53. The van der Waals surface area contributed by atoms with Crippen molar-refractivity contribution in [3.05, 3.63) is 93.4 Å². The van der Waals surface area contributed by atoms with E-state index >= 15 is 0 Å². The van der Waals surface area contributed by atoms with Gasteiger partial charge in [0.15, 0.2) is 0 Å². The van der Waals surface area contributed by atoms with Crippen LogP contribution in [-0.2, 0) is 26.2 Å². The van der Waals surface area contributed by atoms with Crippen LogP contribution in [0.25, 0.3) is 0 Å². The number of rotatable bonds is 10. The molecule has 40 heavy (non-hydrogen) atoms. The van der Waals surface area contributed by atoms with Gasteiger partial charge in [0, 0.05) is 21.5 Å². The topological polar surface area (TPSA) is 86.8 Å². The summed E-state index contributed by atoms with van der Waals surface area (Å²) in [6.07, 6.45) is 5.15. The van der Waals surface area contributed by atoms with Gasteiger partial charge < -0.3 is 10.2 Å². The molecule has 0 bridgehead atoms. The molecule has 0 spiro atoms. The van der Waals surface area contributed by atoms with E-state index in [0.29, 0.717) is 10.2 Å². The number of amides is 2. The summed E-state index contributed by atoms with van der Waals surface area (Å²) in [7, 11) is -4.09. The zero-order valence-corrected chi connectivity index (χ0v) is 26.3. The second-order valence-corrected chi connectivity index (χ2v) is 13.7. The summed E-state index contributed by atoms with van der Waals surface area (Å²) < 4.78 is 30.3. The van der Waals surface area contributed by atoms with Crippen LogP contribution in [0.15, 0.2) is 92.7 Å². The molecule has 212 valence electrons. The SMILES string of the molecule is C[C@H](C(=O)NC1CCCCC1)N(Cc1ccc(Br)cc1)C(=O)CN(c1cccc(Br)c1)S(=O)(=O)c1ccccc1. The molecule has 1 fully saturated rings. The van der Waals surface area contributed by atoms with Crippen molar-refractivity contribution < 1.29 is 18.0 Å². The average molecular weight is 691 g/mol. The van der Waals surface area contributed by atoms with Gasteiger partial charge in [0.25, 0.3) is 10.0 Å². The van der Waals surface area contributed by atoms with Gasteiger partial charge in [-0.15, -0.1) is 0 Å². The Balaban J connectivity index is 1.66. The Hall–Kier alpha value is -2.69. The molecule has 1 aliphatic rings. The van der Waals surface area contributed by atoms with Crippen molar-refractivity contribution in [3.8, 4) is 0 Å². The molecule has 3 aromatic carbocycles. The Kier molecular flexibility index (Phi) is 10.4. The van der Waals surface area contributed by atoms with Gasteiger partial charge in [-0.3, -0.25) is 13.9 Å². The van der Waals surface area contributed by atoms with Gasteiger partial charge in [-0.2, -0.15) is 0 Å². The van der Waals surface area contributed by atoms with Gasteiger partial charge in [-0.1, -0.05) is 87.5 Å². The summed E-state index contributed by atoms with van der Waals surface area (Å²) in [6, 6.07) is 21.6. The Labute approximate surface area is 253 Å². The molecule has 10 heteroatoms. The van der Waals surface area contributed by atoms with Crippen LogP contribution < -0.4 is 9.62 Å². The van der Waals surface area contributed by atoms with Gasteiger partial charge in [0.1, 0.15) is 12.6 Å². The fraction of sp³-hybridized carbons (Fsp3) is 0.333. The summed E-state index contributed by atoms with van der Waals surface area (Å²) >= 11 is 6.85. The summed E-state index contributed by atoms with van der Waals surface area (Å²) in [4.78, 5) is 28.9. The van der Waals surface area contributed by atoms with Crippen LogP contribution in [0.4, 0.5) is 5.69 Å². The predicted octanol–water partition coefficient (Wildman–Crippen LogP) is 6.27. The molecule has 1 N–H and O–H groups in total. The maximum Gasteiger partial charge on any atom is 0.264 e. The molecule has 1 aliphatic carbocycles. The molecule has 0 aromatic heterocycles. The fourth-order valence-electron chi connectivity index (χ4n) is 4.82. The monoisotopic (exact) mass is 689 g/mol. The van der Waals surface area contributed by atoms with Gasteiger partial charge in [-0.05, 0) is 67.8 Å². The molecule has 0 radical (unpaired) electrons. The van der Waals surface area contributed by atoms with Crippen LogP contribution in [0.5, 0.6) is 0 Å². The van der Waals surface area contributed by atoms with Crippen LogP contribution in [0, 0.1) is 0 Å². The second kappa shape index (κ2) is 13.8. The molecular weight excluding hydrogens is 658 g/mol. The van der Waals surface area contributed by atoms with E-state index in [-0.39, 0.29) is 23.4 Å². The normalized spacial score (nSPS) is 14.8. The van der Waals surface area contributed by atoms with Crippen LogP contribution in [-0.4, -0.2) is 43.8 Å². The van der Waals surface area contributed by atoms with Gasteiger partial charge in [0.05, 0.1) is 10.6 Å². The van der Waals surface area contributed by atoms with Crippen molar-refractivity contribution in [2.75, 3.05) is 10.8 Å². The van der Waals surface area contributed by atoms with Crippen molar-refractivity contribution in [1.82, 2.24) is 10.2 Å². The Morgan fingerprint density at radius 1 is 0.900 bits per heavy atom. The molecule has 0 aliphatic heterocycles. The first-order valence-electron chi connectivity index (χ1n) is 13.3. The van der Waals surface area contributed by atoms with Crippen LogP contribution in [0.2, 0.25) is 0 Å². The molecular formula is C30H33Br2N3O4S. The van der Waals surface area contributed by atoms with Crippen molar-refractivity contribution >= 4 is 59.4 Å². The zero-order valence-electron chi connectivity index (χ0n) is 22.3. The minimum atomic E-state index is -4.09. The highest BCUT2D eigenvalue weighted by Gasteiger charge is 2.33. The predicted molar refractivity (Wildman–Crippen MR) is 164 cm³/mol. The largest absolute Gasteiger partial charge is 0.352 e. The summed E-state index contributed by atoms with van der Waals surface area (Å²) in [6.45, 7) is 1.39. The van der Waals surface area contributed by atoms with E-state index in [1.165, 1.54) is 17.0 Å². The van der Waals surface area contributed by atoms with E-state index in [9.17, 15) is 18.0 Å². The molecule has 3 aromatic rings. The van der Waals surface area contributed by atoms with E-state index in [2.05, 4.69) is 37.2 Å². The fourth-order valence-corrected chi connectivity index (χ4v) is 6.90. The second-order valence-electron chi connectivity index (χ2n) is 9.97. The number of halogens is 2. The maximum atomic E-state index is 14.0. The number of anilines is 1. The molecule has 0 heterocycles. The quantitative estimate of drug-likeness (QED) is 0.272. The zero-order chi connectivity index (χ0) is 28.7. The molecule has 1 saturated carbocycles. The van der Waals surface area contributed by atoms with Crippen LogP contribution >= 0.6 is 31.9 Å². The summed E-state index contributed by atoms with van der Waals surface area (Å²) in [5, 5.41) is 3.12. The van der Waals surface area contributed by atoms with E-state index in [4.69, 9.17) is 0 Å². The average Bonchev–Trinajstić information content (AvgIpc) is 2.96. The number of hydrogen-bond donors (Lipinski definition) is 1. The highest BCUT2D eigenvalue weighted by atomic mass is 79.9. The third kappa shape index (κ3) is 7.73. The first kappa shape index (κ1) is 30.3. The lowest BCUT2D eigenvalue weighted by molar-refractivity contribution is -0.139. The molecule has 2 amide bonds. The van der Waals surface area contributed by atoms with E-state index in [1.54, 1.807) is 49.4 Å². The lowest BCUT2D eigenvalue weighted by atomic mass is 9.95. The maximum absolute atomic E-state index is 14.0. The van der Waals surface area contributed by atoms with E-state index in [0.717, 1.165) is 46.4 Å². The highest BCUT2D eigenvalue weighted by molar-refractivity contribution is 9.10. The molecule has 4 rings (SSSR count). The number of nitrogens with zero attached hydrogens (tertiary/aromatic N) is 2. The molecule has 0 unspecified atom stereocenters. The first-order valence-corrected chi connectivity index (χ1v) is 16.4. The van der Waals surface area contributed by atoms with Gasteiger partial charge in [0.2, 0.25) is 11.8 Å². The smallest absolute Gasteiger partial charge is 0.264 e. The molecule has 1 atom stereocenters. The number of sulfonamides is 1. The number of carbonyl (C=O) groups is 2. The number of nitrogens with one attached hydrogen (secondary N) is 1. The highest BCUT2D eigenvalue weighted by Crippen LogP contribution is 2.27. The third-order valence-electron chi connectivity index (χ3n) is 7.09. The van der Waals surface area contributed by atoms with Crippen molar-refractivity contribution in [2.45, 2.75) is 62.6 Å². The van der Waals surface area contributed by atoms with Crippen molar-refractivity contribution in [2.24, 2.45) is 0 Å². The van der Waals surface area contributed by atoms with E-state index < -0.39 is 28.5 Å². The Morgan fingerprint density at radius 3 is 2.23 bits per heavy atom. The van der Waals surface area contributed by atoms with Crippen molar-refractivity contribution in [3.63, 3.8) is 0 Å². The summed E-state index contributed by atoms with van der Waals surface area (Å²) in [5.41, 5.74) is 1.17. The van der Waals surface area contributed by atoms with Crippen molar-refractivity contribution in [1.29, 1.82) is 0 Å². The van der Waals surface area contributed by atoms with Gasteiger partial charge >= 0.3 is 0 Å². The van der Waals surface area contributed by atoms with Crippen LogP contribution in [0.3, 0.4) is 0 Å². The lowest BCUT2D eigenvalue weighted by Gasteiger charge is -2.33. The standard InChI is InChI=1S/C30H33Br2N3O4S/c1-22(30(37)33-26-10-4-2-5-11-26)34(20-23-15-17-24(31)18-16-23)29(36)21-35(27-12-8-9-25(32)19-27)40(38,39)28-13-6-3-7-14-28/h3,6-9,12-19,22,26H,2,4-5,10-11,20-21H2,1H3,(H,33,37)/t22-/m1/s1. The van der Waals surface area contributed by atoms with Gasteiger partial charge in [-0.25, -0.2) is 8.42 Å². The third-order valence-corrected chi connectivity index (χ3v) is 9.90. The molecule has 0 saturated heterocycles. The van der Waals surface area contributed by atoms with Crippen LogP contribution in [0.1, 0.15) is 44.6 Å². The number of benzene rings is 3. The molecule has 7 nitrogen and oxygen atoms in total. The minimum Gasteiger partial charge on any atom is -0.352 e. The number of carbonyl (C=O) groups excluding carboxylic acids is 2. The Morgan fingerprint density at radius 2 is 1.57 bits per heavy atom. The first-order chi connectivity index (χ1) is 19.1. The Bertz CT molecular complexity index is 1410. The number of hydrogen-bond acceptors (Lipinski definition) is 4.